The number of methoxy groups -OCH3 is 1. The van der Waals surface area contributed by atoms with E-state index in [0.717, 1.165) is 0 Å². The van der Waals surface area contributed by atoms with Gasteiger partial charge in [-0.3, -0.25) is 0 Å². The lowest BCUT2D eigenvalue weighted by atomic mass is 10.4. The van der Waals surface area contributed by atoms with Crippen molar-refractivity contribution in [1.82, 2.24) is 10.1 Å². The summed E-state index contributed by atoms with van der Waals surface area (Å²) in [4.78, 5) is 3.91. The van der Waals surface area contributed by atoms with Gasteiger partial charge >= 0.3 is 0 Å². The second-order valence-electron chi connectivity index (χ2n) is 2.62. The van der Waals surface area contributed by atoms with Crippen molar-refractivity contribution in [3.8, 4) is 0 Å². The summed E-state index contributed by atoms with van der Waals surface area (Å²) in [7, 11) is 1.62. The van der Waals surface area contributed by atoms with E-state index in [0.29, 0.717) is 32.1 Å². The van der Waals surface area contributed by atoms with Gasteiger partial charge in [0.25, 0.3) is 5.89 Å². The monoisotopic (exact) mass is 202 g/mol. The van der Waals surface area contributed by atoms with Crippen LogP contribution >= 0.6 is 0 Å². The van der Waals surface area contributed by atoms with E-state index in [2.05, 4.69) is 10.1 Å². The summed E-state index contributed by atoms with van der Waals surface area (Å²) in [5, 5.41) is 12.3. The van der Waals surface area contributed by atoms with Crippen molar-refractivity contribution in [3.63, 3.8) is 0 Å². The molecule has 80 valence electrons. The van der Waals surface area contributed by atoms with Gasteiger partial charge in [0, 0.05) is 13.5 Å². The van der Waals surface area contributed by atoms with Gasteiger partial charge in [-0.2, -0.15) is 4.98 Å². The van der Waals surface area contributed by atoms with E-state index in [1.54, 1.807) is 7.11 Å². The van der Waals surface area contributed by atoms with Gasteiger partial charge in [-0.05, 0) is 0 Å². The predicted molar refractivity (Wildman–Crippen MR) is 46.6 cm³/mol. The maximum atomic E-state index is 8.65. The van der Waals surface area contributed by atoms with Crippen molar-refractivity contribution in [2.24, 2.45) is 0 Å². The van der Waals surface area contributed by atoms with Crippen LogP contribution in [-0.4, -0.2) is 42.2 Å². The zero-order chi connectivity index (χ0) is 10.2. The number of hydrogen-bond acceptors (Lipinski definition) is 6. The molecular weight excluding hydrogens is 188 g/mol. The largest absolute Gasteiger partial charge is 0.387 e. The lowest BCUT2D eigenvalue weighted by Crippen LogP contribution is -2.05. The van der Waals surface area contributed by atoms with Crippen LogP contribution in [0, 0.1) is 0 Å². The third-order valence-electron chi connectivity index (χ3n) is 1.55. The molecule has 14 heavy (non-hydrogen) atoms. The first-order chi connectivity index (χ1) is 6.86. The molecule has 0 bridgehead atoms. The van der Waals surface area contributed by atoms with Crippen molar-refractivity contribution >= 4 is 0 Å². The van der Waals surface area contributed by atoms with Crippen LogP contribution in [0.25, 0.3) is 0 Å². The van der Waals surface area contributed by atoms with Gasteiger partial charge in [0.15, 0.2) is 5.82 Å². The molecule has 0 saturated heterocycles. The van der Waals surface area contributed by atoms with Crippen molar-refractivity contribution in [3.05, 3.63) is 11.7 Å². The molecule has 0 aromatic carbocycles. The minimum atomic E-state index is -0.225. The maximum Gasteiger partial charge on any atom is 0.252 e. The smallest absolute Gasteiger partial charge is 0.252 e. The molecule has 0 fully saturated rings. The molecule has 0 radical (unpaired) electrons. The lowest BCUT2D eigenvalue weighted by molar-refractivity contribution is 0.0714. The molecule has 1 aromatic rings. The number of aliphatic hydroxyl groups excluding tert-OH is 1. The Labute approximate surface area is 81.8 Å². The minimum Gasteiger partial charge on any atom is -0.387 e. The summed E-state index contributed by atoms with van der Waals surface area (Å²) in [5.74, 6) is 0.781. The summed E-state index contributed by atoms with van der Waals surface area (Å²) in [5.41, 5.74) is 0. The Bertz CT molecular complexity index is 251. The van der Waals surface area contributed by atoms with Crippen molar-refractivity contribution < 1.29 is 19.1 Å². The molecule has 0 aliphatic rings. The lowest BCUT2D eigenvalue weighted by Gasteiger charge is -1.99. The summed E-state index contributed by atoms with van der Waals surface area (Å²) in [6.45, 7) is 1.43. The number of hydrogen-bond donors (Lipinski definition) is 1. The average molecular weight is 202 g/mol. The van der Waals surface area contributed by atoms with Crippen molar-refractivity contribution in [2.45, 2.75) is 13.0 Å². The quantitative estimate of drug-likeness (QED) is 0.615. The van der Waals surface area contributed by atoms with E-state index < -0.39 is 0 Å². The predicted octanol–water partition coefficient (Wildman–Crippen LogP) is -0.233. The normalized spacial score (nSPS) is 10.7. The second-order valence-corrected chi connectivity index (χ2v) is 2.62. The third-order valence-corrected chi connectivity index (χ3v) is 1.55. The van der Waals surface area contributed by atoms with Gasteiger partial charge in [0.1, 0.15) is 6.61 Å². The topological polar surface area (TPSA) is 77.6 Å². The fourth-order valence-corrected chi connectivity index (χ4v) is 0.864. The van der Waals surface area contributed by atoms with Crippen LogP contribution in [0.1, 0.15) is 11.7 Å². The zero-order valence-electron chi connectivity index (χ0n) is 8.10. The Morgan fingerprint density at radius 3 is 2.86 bits per heavy atom. The van der Waals surface area contributed by atoms with Gasteiger partial charge in [-0.1, -0.05) is 5.16 Å². The third kappa shape index (κ3) is 3.82. The number of nitrogens with zero attached hydrogens (tertiary/aromatic N) is 2. The van der Waals surface area contributed by atoms with E-state index in [9.17, 15) is 0 Å². The highest BCUT2D eigenvalue weighted by molar-refractivity contribution is 4.84. The second kappa shape index (κ2) is 6.47. The first kappa shape index (κ1) is 11.1. The first-order valence-corrected chi connectivity index (χ1v) is 4.36. The van der Waals surface area contributed by atoms with Crippen LogP contribution in [0.5, 0.6) is 0 Å². The van der Waals surface area contributed by atoms with E-state index in [4.69, 9.17) is 19.1 Å². The highest BCUT2D eigenvalue weighted by Crippen LogP contribution is 1.97. The molecule has 0 unspecified atom stereocenters. The van der Waals surface area contributed by atoms with E-state index in [-0.39, 0.29) is 12.5 Å². The van der Waals surface area contributed by atoms with Crippen LogP contribution < -0.4 is 0 Å². The van der Waals surface area contributed by atoms with Crippen LogP contribution in [0.15, 0.2) is 4.52 Å². The fourth-order valence-electron chi connectivity index (χ4n) is 0.864. The zero-order valence-corrected chi connectivity index (χ0v) is 8.10. The molecule has 0 aliphatic heterocycles. The fraction of sp³-hybridized carbons (Fsp3) is 0.750. The molecule has 0 atom stereocenters. The number of aliphatic hydroxyl groups is 1. The Kier molecular flexibility index (Phi) is 5.13. The highest BCUT2D eigenvalue weighted by Gasteiger charge is 2.03. The molecule has 1 aromatic heterocycles. The van der Waals surface area contributed by atoms with E-state index in [1.165, 1.54) is 0 Å². The Hall–Kier alpha value is -0.980. The first-order valence-electron chi connectivity index (χ1n) is 4.36. The van der Waals surface area contributed by atoms with Crippen LogP contribution in [-0.2, 0) is 22.5 Å². The van der Waals surface area contributed by atoms with Crippen molar-refractivity contribution in [1.29, 1.82) is 0 Å². The Balaban J connectivity index is 2.12. The minimum absolute atomic E-state index is 0.225. The van der Waals surface area contributed by atoms with E-state index in [1.807, 2.05) is 0 Å². The SMILES string of the molecule is COCCOCCc1noc(CO)n1. The van der Waals surface area contributed by atoms with Crippen LogP contribution in [0.4, 0.5) is 0 Å². The maximum absolute atomic E-state index is 8.65. The average Bonchev–Trinajstić information content (AvgIpc) is 2.65. The molecule has 1 N–H and O–H groups in total. The standard InChI is InChI=1S/C8H14N2O4/c1-12-4-5-13-3-2-7-9-8(6-11)14-10-7/h11H,2-6H2,1H3. The van der Waals surface area contributed by atoms with Crippen LogP contribution in [0.3, 0.4) is 0 Å². The Morgan fingerprint density at radius 2 is 2.21 bits per heavy atom. The molecule has 6 nitrogen and oxygen atoms in total. The molecule has 1 heterocycles. The summed E-state index contributed by atoms with van der Waals surface area (Å²) in [6, 6.07) is 0. The summed E-state index contributed by atoms with van der Waals surface area (Å²) in [6.07, 6.45) is 0.577. The van der Waals surface area contributed by atoms with Gasteiger partial charge in [0.05, 0.1) is 19.8 Å². The number of ether oxygens (including phenoxy) is 2. The van der Waals surface area contributed by atoms with Gasteiger partial charge < -0.3 is 19.1 Å². The van der Waals surface area contributed by atoms with Gasteiger partial charge in [-0.25, -0.2) is 0 Å². The van der Waals surface area contributed by atoms with Gasteiger partial charge in [-0.15, -0.1) is 0 Å². The molecule has 1 rings (SSSR count). The molecule has 6 heteroatoms. The highest BCUT2D eigenvalue weighted by atomic mass is 16.5. The molecule has 0 amide bonds. The van der Waals surface area contributed by atoms with Crippen molar-refractivity contribution in [2.75, 3.05) is 26.9 Å². The summed E-state index contributed by atoms with van der Waals surface area (Å²) < 4.78 is 14.7. The molecular formula is C8H14N2O4. The summed E-state index contributed by atoms with van der Waals surface area (Å²) >= 11 is 0. The Morgan fingerprint density at radius 1 is 1.36 bits per heavy atom. The number of rotatable bonds is 7. The van der Waals surface area contributed by atoms with Crippen LogP contribution in [0.2, 0.25) is 0 Å². The van der Waals surface area contributed by atoms with E-state index >= 15 is 0 Å². The molecule has 0 saturated carbocycles. The van der Waals surface area contributed by atoms with Gasteiger partial charge in [0.2, 0.25) is 0 Å². The molecule has 0 aliphatic carbocycles. The number of aromatic nitrogens is 2. The molecule has 0 spiro atoms.